The van der Waals surface area contributed by atoms with E-state index in [9.17, 15) is 0 Å². The van der Waals surface area contributed by atoms with E-state index < -0.39 is 0 Å². The van der Waals surface area contributed by atoms with Crippen LogP contribution in [0, 0.1) is 6.92 Å². The first-order valence-corrected chi connectivity index (χ1v) is 8.89. The van der Waals surface area contributed by atoms with Gasteiger partial charge in [-0.05, 0) is 13.8 Å². The van der Waals surface area contributed by atoms with Gasteiger partial charge in [-0.2, -0.15) is 5.10 Å². The summed E-state index contributed by atoms with van der Waals surface area (Å²) in [4.78, 5) is 11.6. The highest BCUT2D eigenvalue weighted by Gasteiger charge is 2.21. The topological polar surface area (TPSA) is 69.7 Å². The molecule has 1 aliphatic rings. The maximum atomic E-state index is 5.46. The Hall–Kier alpha value is -2.45. The quantitative estimate of drug-likeness (QED) is 0.696. The predicted octanol–water partition coefficient (Wildman–Crippen LogP) is 1.95. The summed E-state index contributed by atoms with van der Waals surface area (Å²) in [5, 5.41) is 4.50. The van der Waals surface area contributed by atoms with Crippen LogP contribution in [0.2, 0.25) is 0 Å². The molecule has 138 valence electrons. The highest BCUT2D eigenvalue weighted by molar-refractivity contribution is 5.73. The van der Waals surface area contributed by atoms with Gasteiger partial charge in [-0.3, -0.25) is 9.08 Å². The van der Waals surface area contributed by atoms with Crippen molar-refractivity contribution in [2.24, 2.45) is 0 Å². The second kappa shape index (κ2) is 7.05. The summed E-state index contributed by atoms with van der Waals surface area (Å²) in [5.41, 5.74) is 3.93. The van der Waals surface area contributed by atoms with Crippen LogP contribution in [0.4, 0.5) is 5.82 Å². The van der Waals surface area contributed by atoms with Crippen molar-refractivity contribution >= 4 is 11.5 Å². The van der Waals surface area contributed by atoms with Crippen molar-refractivity contribution in [1.29, 1.82) is 0 Å². The van der Waals surface area contributed by atoms with Crippen LogP contribution in [-0.2, 0) is 9.47 Å². The fraction of sp³-hybridized carbons (Fsp3) is 0.500. The molecule has 0 unspecified atom stereocenters. The van der Waals surface area contributed by atoms with Crippen molar-refractivity contribution < 1.29 is 9.47 Å². The van der Waals surface area contributed by atoms with Gasteiger partial charge in [0.15, 0.2) is 11.5 Å². The Morgan fingerprint density at radius 2 is 2.12 bits per heavy atom. The molecule has 4 rings (SSSR count). The number of nitrogens with zero attached hydrogens (tertiary/aromatic N) is 6. The van der Waals surface area contributed by atoms with Gasteiger partial charge in [0.1, 0.15) is 0 Å². The van der Waals surface area contributed by atoms with Crippen LogP contribution in [0.25, 0.3) is 16.9 Å². The van der Waals surface area contributed by atoms with Gasteiger partial charge in [0.2, 0.25) is 0 Å². The molecule has 0 bridgehead atoms. The summed E-state index contributed by atoms with van der Waals surface area (Å²) in [6.07, 6.45) is 7.73. The lowest BCUT2D eigenvalue weighted by Crippen LogP contribution is -2.37. The van der Waals surface area contributed by atoms with Gasteiger partial charge in [-0.1, -0.05) is 0 Å². The first kappa shape index (κ1) is 17.0. The van der Waals surface area contributed by atoms with Gasteiger partial charge in [-0.25, -0.2) is 9.97 Å². The molecule has 0 N–H and O–H groups in total. The molecule has 8 nitrogen and oxygen atoms in total. The third kappa shape index (κ3) is 2.95. The molecule has 0 aromatic carbocycles. The number of hydrogen-bond acceptors (Lipinski definition) is 6. The van der Waals surface area contributed by atoms with E-state index in [0.717, 1.165) is 54.7 Å². The SMILES string of the molecule is COC[C@H](C)n1cc(-c2c(C)nc3c(N4CCOCC4)nccn23)cn1. The van der Waals surface area contributed by atoms with Crippen LogP contribution in [0.15, 0.2) is 24.8 Å². The van der Waals surface area contributed by atoms with Gasteiger partial charge in [0, 0.05) is 44.4 Å². The number of methoxy groups -OCH3 is 1. The molecule has 1 fully saturated rings. The number of fused-ring (bicyclic) bond motifs is 1. The summed E-state index contributed by atoms with van der Waals surface area (Å²) in [6, 6.07) is 0.179. The van der Waals surface area contributed by atoms with Crippen LogP contribution in [0.1, 0.15) is 18.7 Å². The molecule has 3 aromatic rings. The van der Waals surface area contributed by atoms with Crippen LogP contribution >= 0.6 is 0 Å². The van der Waals surface area contributed by atoms with E-state index in [1.54, 1.807) is 7.11 Å². The minimum atomic E-state index is 0.179. The summed E-state index contributed by atoms with van der Waals surface area (Å²) in [5.74, 6) is 0.908. The standard InChI is InChI=1S/C18H24N6O2/c1-13(12-25-3)24-11-15(10-20-24)16-14(2)21-18-17(19-4-5-23(16)18)22-6-8-26-9-7-22/h4-5,10-11,13H,6-9,12H2,1-3H3/t13-/m0/s1. The number of ether oxygens (including phenoxy) is 2. The maximum absolute atomic E-state index is 5.46. The molecular formula is C18H24N6O2. The average Bonchev–Trinajstić information content (AvgIpc) is 3.26. The van der Waals surface area contributed by atoms with Crippen molar-refractivity contribution in [2.45, 2.75) is 19.9 Å². The second-order valence-corrected chi connectivity index (χ2v) is 6.60. The fourth-order valence-electron chi connectivity index (χ4n) is 3.44. The molecule has 0 radical (unpaired) electrons. The van der Waals surface area contributed by atoms with Gasteiger partial charge in [0.05, 0.1) is 43.4 Å². The third-order valence-corrected chi connectivity index (χ3v) is 4.74. The van der Waals surface area contributed by atoms with Crippen molar-refractivity contribution in [3.05, 3.63) is 30.5 Å². The number of rotatable bonds is 5. The van der Waals surface area contributed by atoms with E-state index in [4.69, 9.17) is 14.5 Å². The van der Waals surface area contributed by atoms with Gasteiger partial charge in [0.25, 0.3) is 0 Å². The first-order chi connectivity index (χ1) is 12.7. The van der Waals surface area contributed by atoms with Crippen LogP contribution in [0.3, 0.4) is 0 Å². The van der Waals surface area contributed by atoms with Crippen LogP contribution in [0.5, 0.6) is 0 Å². The third-order valence-electron chi connectivity index (χ3n) is 4.74. The zero-order valence-electron chi connectivity index (χ0n) is 15.4. The molecule has 0 amide bonds. The summed E-state index contributed by atoms with van der Waals surface area (Å²) < 4.78 is 14.7. The highest BCUT2D eigenvalue weighted by atomic mass is 16.5. The van der Waals surface area contributed by atoms with E-state index in [0.29, 0.717) is 6.61 Å². The Bertz CT molecular complexity index is 896. The van der Waals surface area contributed by atoms with E-state index in [1.165, 1.54) is 0 Å². The maximum Gasteiger partial charge on any atom is 0.181 e. The highest BCUT2D eigenvalue weighted by Crippen LogP contribution is 2.29. The Morgan fingerprint density at radius 1 is 1.31 bits per heavy atom. The molecule has 4 heterocycles. The van der Waals surface area contributed by atoms with Gasteiger partial charge in [-0.15, -0.1) is 0 Å². The number of imidazole rings is 1. The van der Waals surface area contributed by atoms with Crippen molar-refractivity contribution in [3.63, 3.8) is 0 Å². The Kier molecular flexibility index (Phi) is 4.60. The molecule has 26 heavy (non-hydrogen) atoms. The van der Waals surface area contributed by atoms with Crippen LogP contribution < -0.4 is 4.90 Å². The fourth-order valence-corrected chi connectivity index (χ4v) is 3.44. The molecule has 8 heteroatoms. The predicted molar refractivity (Wildman–Crippen MR) is 98.6 cm³/mol. The Labute approximate surface area is 152 Å². The molecule has 0 spiro atoms. The zero-order valence-corrected chi connectivity index (χ0v) is 15.4. The average molecular weight is 356 g/mol. The summed E-state index contributed by atoms with van der Waals surface area (Å²) in [6.45, 7) is 7.85. The van der Waals surface area contributed by atoms with E-state index >= 15 is 0 Å². The largest absolute Gasteiger partial charge is 0.382 e. The molecular weight excluding hydrogens is 332 g/mol. The minimum absolute atomic E-state index is 0.179. The number of aromatic nitrogens is 5. The molecule has 0 saturated carbocycles. The number of anilines is 1. The number of aryl methyl sites for hydroxylation is 1. The second-order valence-electron chi connectivity index (χ2n) is 6.60. The lowest BCUT2D eigenvalue weighted by atomic mass is 10.2. The number of morpholine rings is 1. The molecule has 3 aromatic heterocycles. The van der Waals surface area contributed by atoms with Crippen molar-refractivity contribution in [3.8, 4) is 11.3 Å². The zero-order chi connectivity index (χ0) is 18.1. The Morgan fingerprint density at radius 3 is 2.88 bits per heavy atom. The van der Waals surface area contributed by atoms with Crippen molar-refractivity contribution in [2.75, 3.05) is 44.9 Å². The van der Waals surface area contributed by atoms with E-state index in [-0.39, 0.29) is 6.04 Å². The van der Waals surface area contributed by atoms with E-state index in [1.807, 2.05) is 30.2 Å². The first-order valence-electron chi connectivity index (χ1n) is 8.89. The monoisotopic (exact) mass is 356 g/mol. The normalized spacial score (nSPS) is 16.3. The van der Waals surface area contributed by atoms with Gasteiger partial charge >= 0.3 is 0 Å². The van der Waals surface area contributed by atoms with E-state index in [2.05, 4.69) is 32.5 Å². The van der Waals surface area contributed by atoms with Gasteiger partial charge < -0.3 is 14.4 Å². The van der Waals surface area contributed by atoms with Crippen LogP contribution in [-0.4, -0.2) is 64.2 Å². The smallest absolute Gasteiger partial charge is 0.181 e. The van der Waals surface area contributed by atoms with Crippen molar-refractivity contribution in [1.82, 2.24) is 24.1 Å². The molecule has 1 aliphatic heterocycles. The lowest BCUT2D eigenvalue weighted by Gasteiger charge is -2.27. The number of hydrogen-bond donors (Lipinski definition) is 0. The molecule has 1 atom stereocenters. The summed E-state index contributed by atoms with van der Waals surface area (Å²) >= 11 is 0. The minimum Gasteiger partial charge on any atom is -0.382 e. The molecule has 1 saturated heterocycles. The Balaban J connectivity index is 1.75. The lowest BCUT2D eigenvalue weighted by molar-refractivity contribution is 0.122. The molecule has 0 aliphatic carbocycles. The summed E-state index contributed by atoms with van der Waals surface area (Å²) in [7, 11) is 1.70.